The zero-order valence-corrected chi connectivity index (χ0v) is 13.5. The molecular formula is C15H8F4N6S. The SMILES string of the molecule is Nc1ncc(-c2nn3c(-c4ccc(F)nc4)cnc3s2)cc1C(F)(F)F. The average Bonchev–Trinajstić information content (AvgIpc) is 3.16. The molecule has 0 aliphatic heterocycles. The molecule has 4 rings (SSSR count). The number of imidazole rings is 1. The Morgan fingerprint density at radius 2 is 1.77 bits per heavy atom. The van der Waals surface area contributed by atoms with Crippen LogP contribution in [0.15, 0.2) is 36.8 Å². The smallest absolute Gasteiger partial charge is 0.383 e. The zero-order chi connectivity index (χ0) is 18.5. The molecule has 132 valence electrons. The summed E-state index contributed by atoms with van der Waals surface area (Å²) in [7, 11) is 0. The van der Waals surface area contributed by atoms with E-state index in [4.69, 9.17) is 5.73 Å². The first-order valence-electron chi connectivity index (χ1n) is 7.12. The quantitative estimate of drug-likeness (QED) is 0.424. The molecule has 0 bridgehead atoms. The van der Waals surface area contributed by atoms with Gasteiger partial charge in [0.15, 0.2) is 0 Å². The fourth-order valence-corrected chi connectivity index (χ4v) is 3.21. The Kier molecular flexibility index (Phi) is 3.61. The van der Waals surface area contributed by atoms with Crippen molar-refractivity contribution in [2.24, 2.45) is 0 Å². The molecule has 0 radical (unpaired) electrons. The lowest BCUT2D eigenvalue weighted by Gasteiger charge is -2.09. The van der Waals surface area contributed by atoms with Gasteiger partial charge < -0.3 is 5.73 Å². The maximum atomic E-state index is 13.0. The molecule has 0 atom stereocenters. The van der Waals surface area contributed by atoms with Crippen LogP contribution in [0.5, 0.6) is 0 Å². The Morgan fingerprint density at radius 1 is 1.00 bits per heavy atom. The van der Waals surface area contributed by atoms with Crippen LogP contribution in [-0.4, -0.2) is 24.6 Å². The monoisotopic (exact) mass is 380 g/mol. The highest BCUT2D eigenvalue weighted by Gasteiger charge is 2.34. The van der Waals surface area contributed by atoms with Crippen LogP contribution in [0.4, 0.5) is 23.4 Å². The molecule has 0 spiro atoms. The Morgan fingerprint density at radius 3 is 2.46 bits per heavy atom. The number of pyridine rings is 2. The van der Waals surface area contributed by atoms with Crippen LogP contribution < -0.4 is 5.73 Å². The number of nitrogens with zero attached hydrogens (tertiary/aromatic N) is 5. The van der Waals surface area contributed by atoms with Crippen LogP contribution in [0, 0.1) is 5.95 Å². The molecule has 4 aromatic heterocycles. The van der Waals surface area contributed by atoms with Crippen LogP contribution in [0.25, 0.3) is 26.8 Å². The highest BCUT2D eigenvalue weighted by atomic mass is 32.1. The van der Waals surface area contributed by atoms with E-state index >= 15 is 0 Å². The summed E-state index contributed by atoms with van der Waals surface area (Å²) in [5.74, 6) is -1.22. The van der Waals surface area contributed by atoms with Gasteiger partial charge in [-0.05, 0) is 18.2 Å². The second-order valence-electron chi connectivity index (χ2n) is 5.27. The Balaban J connectivity index is 1.81. The van der Waals surface area contributed by atoms with E-state index in [1.165, 1.54) is 35.2 Å². The van der Waals surface area contributed by atoms with E-state index in [0.717, 1.165) is 17.4 Å². The maximum Gasteiger partial charge on any atom is 0.419 e. The van der Waals surface area contributed by atoms with Gasteiger partial charge in [0.2, 0.25) is 10.9 Å². The summed E-state index contributed by atoms with van der Waals surface area (Å²) in [6, 6.07) is 3.61. The predicted octanol–water partition coefficient (Wildman–Crippen LogP) is 3.65. The zero-order valence-electron chi connectivity index (χ0n) is 12.7. The fraction of sp³-hybridized carbons (Fsp3) is 0.0667. The summed E-state index contributed by atoms with van der Waals surface area (Å²) < 4.78 is 53.5. The summed E-state index contributed by atoms with van der Waals surface area (Å²) in [5, 5.41) is 4.59. The normalized spacial score (nSPS) is 12.0. The van der Waals surface area contributed by atoms with E-state index in [1.807, 2.05) is 0 Å². The summed E-state index contributed by atoms with van der Waals surface area (Å²) in [5.41, 5.74) is 5.57. The molecule has 0 fully saturated rings. The molecule has 11 heteroatoms. The van der Waals surface area contributed by atoms with Gasteiger partial charge >= 0.3 is 6.18 Å². The van der Waals surface area contributed by atoms with Crippen molar-refractivity contribution < 1.29 is 17.6 Å². The number of hydrogen-bond donors (Lipinski definition) is 1. The number of alkyl halides is 3. The minimum atomic E-state index is -4.62. The molecule has 2 N–H and O–H groups in total. The predicted molar refractivity (Wildman–Crippen MR) is 86.7 cm³/mol. The summed E-state index contributed by atoms with van der Waals surface area (Å²) >= 11 is 1.09. The average molecular weight is 380 g/mol. The van der Waals surface area contributed by atoms with Gasteiger partial charge in [-0.2, -0.15) is 22.7 Å². The molecule has 26 heavy (non-hydrogen) atoms. The number of nitrogen functional groups attached to an aromatic ring is 1. The van der Waals surface area contributed by atoms with Crippen LogP contribution in [0.1, 0.15) is 5.56 Å². The van der Waals surface area contributed by atoms with Crippen molar-refractivity contribution in [1.29, 1.82) is 0 Å². The molecule has 0 aliphatic carbocycles. The van der Waals surface area contributed by atoms with Crippen molar-refractivity contribution in [3.05, 3.63) is 48.3 Å². The Bertz CT molecular complexity index is 1100. The first-order chi connectivity index (χ1) is 12.3. The van der Waals surface area contributed by atoms with Crippen molar-refractivity contribution in [3.63, 3.8) is 0 Å². The van der Waals surface area contributed by atoms with E-state index in [-0.39, 0.29) is 5.56 Å². The third-order valence-corrected chi connectivity index (χ3v) is 4.55. The molecular weight excluding hydrogens is 372 g/mol. The van der Waals surface area contributed by atoms with Gasteiger partial charge in [0.05, 0.1) is 17.5 Å². The minimum absolute atomic E-state index is 0.171. The largest absolute Gasteiger partial charge is 0.419 e. The number of anilines is 1. The van der Waals surface area contributed by atoms with E-state index in [1.54, 1.807) is 0 Å². The second kappa shape index (κ2) is 5.73. The van der Waals surface area contributed by atoms with Crippen molar-refractivity contribution in [1.82, 2.24) is 24.6 Å². The molecule has 0 saturated heterocycles. The van der Waals surface area contributed by atoms with Crippen LogP contribution in [0.2, 0.25) is 0 Å². The highest BCUT2D eigenvalue weighted by molar-refractivity contribution is 7.19. The lowest BCUT2D eigenvalue weighted by atomic mass is 10.2. The number of rotatable bonds is 2. The lowest BCUT2D eigenvalue weighted by Crippen LogP contribution is -2.10. The lowest BCUT2D eigenvalue weighted by molar-refractivity contribution is -0.137. The third-order valence-electron chi connectivity index (χ3n) is 3.58. The van der Waals surface area contributed by atoms with Crippen LogP contribution in [-0.2, 0) is 6.18 Å². The Hall–Kier alpha value is -3.08. The molecule has 0 unspecified atom stereocenters. The van der Waals surface area contributed by atoms with Gasteiger partial charge in [-0.15, -0.1) is 0 Å². The number of hydrogen-bond acceptors (Lipinski definition) is 6. The van der Waals surface area contributed by atoms with Crippen molar-refractivity contribution >= 4 is 22.1 Å². The van der Waals surface area contributed by atoms with Crippen molar-refractivity contribution in [3.8, 4) is 21.8 Å². The van der Waals surface area contributed by atoms with Gasteiger partial charge in [0, 0.05) is 23.5 Å². The molecule has 0 saturated carbocycles. The minimum Gasteiger partial charge on any atom is -0.383 e. The molecule has 6 nitrogen and oxygen atoms in total. The van der Waals surface area contributed by atoms with Gasteiger partial charge in [0.25, 0.3) is 0 Å². The number of aromatic nitrogens is 5. The highest BCUT2D eigenvalue weighted by Crippen LogP contribution is 2.36. The summed E-state index contributed by atoms with van der Waals surface area (Å²) in [4.78, 5) is 11.8. The van der Waals surface area contributed by atoms with Crippen LogP contribution >= 0.6 is 11.3 Å². The summed E-state index contributed by atoms with van der Waals surface area (Å²) in [6.45, 7) is 0. The Labute approximate surface area is 147 Å². The topological polar surface area (TPSA) is 82.0 Å². The van der Waals surface area contributed by atoms with Crippen molar-refractivity contribution in [2.75, 3.05) is 5.73 Å². The molecule has 4 aromatic rings. The molecule has 0 aromatic carbocycles. The van der Waals surface area contributed by atoms with Gasteiger partial charge in [-0.3, -0.25) is 0 Å². The maximum absolute atomic E-state index is 13.0. The fourth-order valence-electron chi connectivity index (χ4n) is 2.35. The molecule has 4 heterocycles. The van der Waals surface area contributed by atoms with Gasteiger partial charge in [-0.1, -0.05) is 11.3 Å². The first-order valence-corrected chi connectivity index (χ1v) is 7.94. The number of fused-ring (bicyclic) bond motifs is 1. The van der Waals surface area contributed by atoms with E-state index < -0.39 is 23.5 Å². The van der Waals surface area contributed by atoms with Gasteiger partial charge in [0.1, 0.15) is 10.8 Å². The van der Waals surface area contributed by atoms with Gasteiger partial charge in [-0.25, -0.2) is 19.5 Å². The number of halogens is 4. The molecule has 0 amide bonds. The first kappa shape index (κ1) is 16.4. The standard InChI is InChI=1S/C15H8F4N6S/c16-11-2-1-7(4-21-11)10-6-23-14-25(10)24-13(26-14)8-3-9(15(17,18)19)12(20)22-5-8/h1-6H,(H2,20,22). The van der Waals surface area contributed by atoms with E-state index in [9.17, 15) is 17.6 Å². The second-order valence-corrected chi connectivity index (χ2v) is 6.23. The van der Waals surface area contributed by atoms with E-state index in [2.05, 4.69) is 20.1 Å². The van der Waals surface area contributed by atoms with Crippen LogP contribution in [0.3, 0.4) is 0 Å². The molecule has 0 aliphatic rings. The van der Waals surface area contributed by atoms with Crippen molar-refractivity contribution in [2.45, 2.75) is 6.18 Å². The summed E-state index contributed by atoms with van der Waals surface area (Å²) in [6.07, 6.45) is -0.540. The number of nitrogens with two attached hydrogens (primary N) is 1. The third kappa shape index (κ3) is 2.75. The van der Waals surface area contributed by atoms with E-state index in [0.29, 0.717) is 21.2 Å².